The lowest BCUT2D eigenvalue weighted by atomic mass is 9.93. The molecule has 0 amide bonds. The van der Waals surface area contributed by atoms with Crippen molar-refractivity contribution in [3.63, 3.8) is 0 Å². The van der Waals surface area contributed by atoms with Crippen LogP contribution in [0.3, 0.4) is 0 Å². The minimum Gasteiger partial charge on any atom is -0.496 e. The van der Waals surface area contributed by atoms with E-state index in [0.29, 0.717) is 6.07 Å². The Morgan fingerprint density at radius 3 is 2.35 bits per heavy atom. The van der Waals surface area contributed by atoms with E-state index in [1.165, 1.54) is 7.11 Å². The van der Waals surface area contributed by atoms with Gasteiger partial charge in [0.2, 0.25) is 0 Å². The first kappa shape index (κ1) is 12.2. The number of ether oxygens (including phenoxy) is 1. The second-order valence-electron chi connectivity index (χ2n) is 4.13. The van der Waals surface area contributed by atoms with E-state index < -0.39 is 35.9 Å². The van der Waals surface area contributed by atoms with Crippen LogP contribution in [0.15, 0.2) is 12.1 Å². The smallest absolute Gasteiger partial charge is 0.260 e. The van der Waals surface area contributed by atoms with Gasteiger partial charge < -0.3 is 10.5 Å². The van der Waals surface area contributed by atoms with E-state index in [2.05, 4.69) is 0 Å². The molecule has 0 heterocycles. The molecule has 0 aliphatic heterocycles. The fourth-order valence-corrected chi connectivity index (χ4v) is 2.11. The van der Waals surface area contributed by atoms with E-state index in [1.54, 1.807) is 0 Å². The highest BCUT2D eigenvalue weighted by Crippen LogP contribution is 2.63. The summed E-state index contributed by atoms with van der Waals surface area (Å²) in [4.78, 5) is 0. The van der Waals surface area contributed by atoms with Gasteiger partial charge in [-0.15, -0.1) is 0 Å². The summed E-state index contributed by atoms with van der Waals surface area (Å²) in [5.74, 6) is -5.23. The molecule has 0 saturated heterocycles. The van der Waals surface area contributed by atoms with Crippen LogP contribution in [0.1, 0.15) is 12.0 Å². The van der Waals surface area contributed by atoms with E-state index in [1.807, 2.05) is 0 Å². The third-order valence-corrected chi connectivity index (χ3v) is 3.16. The van der Waals surface area contributed by atoms with Gasteiger partial charge in [0.1, 0.15) is 17.4 Å². The van der Waals surface area contributed by atoms with Gasteiger partial charge in [0, 0.05) is 30.7 Å². The Morgan fingerprint density at radius 2 is 1.94 bits per heavy atom. The molecule has 2 rings (SSSR count). The van der Waals surface area contributed by atoms with Crippen LogP contribution < -0.4 is 10.5 Å². The normalized spacial score (nSPS) is 25.8. The van der Waals surface area contributed by atoms with E-state index in [9.17, 15) is 17.6 Å². The van der Waals surface area contributed by atoms with Gasteiger partial charge in [-0.2, -0.15) is 0 Å². The molecule has 1 unspecified atom stereocenters. The van der Waals surface area contributed by atoms with Gasteiger partial charge in [-0.3, -0.25) is 0 Å². The lowest BCUT2D eigenvalue weighted by molar-refractivity contribution is 0.0878. The van der Waals surface area contributed by atoms with Crippen molar-refractivity contribution in [1.29, 1.82) is 0 Å². The van der Waals surface area contributed by atoms with Gasteiger partial charge in [0.15, 0.2) is 0 Å². The van der Waals surface area contributed by atoms with Crippen molar-refractivity contribution < 1.29 is 22.3 Å². The molecule has 0 bridgehead atoms. The zero-order chi connectivity index (χ0) is 12.8. The van der Waals surface area contributed by atoms with Crippen LogP contribution in [-0.4, -0.2) is 19.6 Å². The van der Waals surface area contributed by atoms with Crippen molar-refractivity contribution in [2.75, 3.05) is 13.7 Å². The first-order valence-corrected chi connectivity index (χ1v) is 4.99. The van der Waals surface area contributed by atoms with Gasteiger partial charge in [-0.05, 0) is 0 Å². The Labute approximate surface area is 95.4 Å². The predicted molar refractivity (Wildman–Crippen MR) is 53.2 cm³/mol. The number of alkyl halides is 2. The molecule has 1 aromatic carbocycles. The van der Waals surface area contributed by atoms with Gasteiger partial charge in [-0.1, -0.05) is 0 Å². The standard InChI is InChI=1S/C11H11F4NO/c1-17-8-3-6(12)2-7(13)9(8)10(5-16)4-11(10,14)15/h2-3H,4-5,16H2,1H3. The lowest BCUT2D eigenvalue weighted by Gasteiger charge is -2.18. The summed E-state index contributed by atoms with van der Waals surface area (Å²) in [5.41, 5.74) is 3.20. The molecule has 1 saturated carbocycles. The average Bonchev–Trinajstić information content (AvgIpc) is 2.80. The van der Waals surface area contributed by atoms with Gasteiger partial charge in [0.25, 0.3) is 5.92 Å². The van der Waals surface area contributed by atoms with Crippen LogP contribution in [0.2, 0.25) is 0 Å². The molecule has 0 aromatic heterocycles. The topological polar surface area (TPSA) is 35.2 Å². The fourth-order valence-electron chi connectivity index (χ4n) is 2.11. The van der Waals surface area contributed by atoms with Crippen LogP contribution in [0.4, 0.5) is 17.6 Å². The number of methoxy groups -OCH3 is 1. The maximum absolute atomic E-state index is 13.7. The monoisotopic (exact) mass is 249 g/mol. The Bertz CT molecular complexity index is 463. The summed E-state index contributed by atoms with van der Waals surface area (Å²) in [6, 6.07) is 1.44. The molecule has 1 aliphatic rings. The van der Waals surface area contributed by atoms with Crippen molar-refractivity contribution in [3.8, 4) is 5.75 Å². The van der Waals surface area contributed by atoms with Crippen molar-refractivity contribution in [2.24, 2.45) is 5.73 Å². The maximum Gasteiger partial charge on any atom is 0.260 e. The van der Waals surface area contributed by atoms with E-state index >= 15 is 0 Å². The summed E-state index contributed by atoms with van der Waals surface area (Å²) in [7, 11) is 1.17. The van der Waals surface area contributed by atoms with Crippen molar-refractivity contribution in [3.05, 3.63) is 29.3 Å². The molecular formula is C11H11F4NO. The number of nitrogens with two attached hydrogens (primary N) is 1. The molecule has 1 fully saturated rings. The van der Waals surface area contributed by atoms with Crippen molar-refractivity contribution in [2.45, 2.75) is 17.8 Å². The minimum absolute atomic E-state index is 0.231. The molecule has 1 atom stereocenters. The summed E-state index contributed by atoms with van der Waals surface area (Å²) in [5, 5.41) is 0. The van der Waals surface area contributed by atoms with Crippen molar-refractivity contribution in [1.82, 2.24) is 0 Å². The molecule has 2 N–H and O–H groups in total. The van der Waals surface area contributed by atoms with Crippen LogP contribution in [0.25, 0.3) is 0 Å². The van der Waals surface area contributed by atoms with Crippen LogP contribution in [0, 0.1) is 11.6 Å². The second kappa shape index (κ2) is 3.60. The van der Waals surface area contributed by atoms with Gasteiger partial charge in [0.05, 0.1) is 12.5 Å². The second-order valence-corrected chi connectivity index (χ2v) is 4.13. The zero-order valence-electron chi connectivity index (χ0n) is 9.07. The molecule has 1 aliphatic carbocycles. The van der Waals surface area contributed by atoms with E-state index in [4.69, 9.17) is 10.5 Å². The van der Waals surface area contributed by atoms with Crippen LogP contribution in [-0.2, 0) is 5.41 Å². The Hall–Kier alpha value is -1.30. The average molecular weight is 249 g/mol. The summed E-state index contributed by atoms with van der Waals surface area (Å²) in [6.07, 6.45) is -0.546. The SMILES string of the molecule is COc1cc(F)cc(F)c1C1(CN)CC1(F)F. The van der Waals surface area contributed by atoms with Crippen molar-refractivity contribution >= 4 is 0 Å². The van der Waals surface area contributed by atoms with Gasteiger partial charge in [-0.25, -0.2) is 17.6 Å². The number of halogens is 4. The highest BCUT2D eigenvalue weighted by Gasteiger charge is 2.72. The molecule has 17 heavy (non-hydrogen) atoms. The van der Waals surface area contributed by atoms with Gasteiger partial charge >= 0.3 is 0 Å². The first-order chi connectivity index (χ1) is 7.88. The number of rotatable bonds is 3. The van der Waals surface area contributed by atoms with E-state index in [-0.39, 0.29) is 11.3 Å². The first-order valence-electron chi connectivity index (χ1n) is 4.99. The Balaban J connectivity index is 2.60. The predicted octanol–water partition coefficient (Wildman–Crippen LogP) is 2.21. The number of hydrogen-bond donors (Lipinski definition) is 1. The lowest BCUT2D eigenvalue weighted by Crippen LogP contribution is -2.28. The zero-order valence-corrected chi connectivity index (χ0v) is 9.07. The quantitative estimate of drug-likeness (QED) is 0.833. The molecule has 94 valence electrons. The Kier molecular flexibility index (Phi) is 2.57. The van der Waals surface area contributed by atoms with E-state index in [0.717, 1.165) is 6.07 Å². The molecule has 2 nitrogen and oxygen atoms in total. The van der Waals surface area contributed by atoms with Crippen LogP contribution >= 0.6 is 0 Å². The Morgan fingerprint density at radius 1 is 1.35 bits per heavy atom. The highest BCUT2D eigenvalue weighted by atomic mass is 19.3. The molecule has 0 spiro atoms. The third-order valence-electron chi connectivity index (χ3n) is 3.16. The summed E-state index contributed by atoms with van der Waals surface area (Å²) in [6.45, 7) is -0.418. The largest absolute Gasteiger partial charge is 0.496 e. The molecular weight excluding hydrogens is 238 g/mol. The number of benzene rings is 1. The summed E-state index contributed by atoms with van der Waals surface area (Å²) < 4.78 is 58.1. The molecule has 1 aromatic rings. The summed E-state index contributed by atoms with van der Waals surface area (Å²) >= 11 is 0. The number of hydrogen-bond acceptors (Lipinski definition) is 2. The fraction of sp³-hybridized carbons (Fsp3) is 0.455. The third kappa shape index (κ3) is 1.58. The highest BCUT2D eigenvalue weighted by molar-refractivity contribution is 5.48. The molecule has 0 radical (unpaired) electrons. The molecule has 6 heteroatoms. The maximum atomic E-state index is 13.7. The van der Waals surface area contributed by atoms with Crippen LogP contribution in [0.5, 0.6) is 5.75 Å². The minimum atomic E-state index is -3.08.